The van der Waals surface area contributed by atoms with E-state index in [1.54, 1.807) is 11.0 Å². The fraction of sp³-hybridized carbons (Fsp3) is 0.100. The Morgan fingerprint density at radius 1 is 1.21 bits per heavy atom. The third kappa shape index (κ3) is 3.44. The van der Waals surface area contributed by atoms with E-state index >= 15 is 0 Å². The molecule has 3 nitrogen and oxygen atoms in total. The van der Waals surface area contributed by atoms with Gasteiger partial charge in [-0.25, -0.2) is 4.98 Å². The molecule has 0 aliphatic carbocycles. The molecule has 24 heavy (non-hydrogen) atoms. The monoisotopic (exact) mass is 334 g/mol. The first kappa shape index (κ1) is 16.1. The molecule has 0 atom stereocenters. The number of hydrogen-bond acceptors (Lipinski definition) is 3. The molecule has 0 radical (unpaired) electrons. The summed E-state index contributed by atoms with van der Waals surface area (Å²) in [6, 6.07) is 17.6. The van der Waals surface area contributed by atoms with Gasteiger partial charge in [0.25, 0.3) is 5.91 Å². The summed E-state index contributed by atoms with van der Waals surface area (Å²) in [5, 5.41) is 2.66. The largest absolute Gasteiger partial charge is 0.280 e. The Labute approximate surface area is 145 Å². The van der Waals surface area contributed by atoms with Crippen molar-refractivity contribution in [3.05, 3.63) is 83.8 Å². The molecule has 3 aromatic rings. The van der Waals surface area contributed by atoms with Gasteiger partial charge >= 0.3 is 0 Å². The van der Waals surface area contributed by atoms with E-state index in [2.05, 4.69) is 11.6 Å². The predicted octanol–water partition coefficient (Wildman–Crippen LogP) is 4.95. The molecule has 2 aromatic carbocycles. The van der Waals surface area contributed by atoms with Crippen LogP contribution in [0, 0.1) is 6.92 Å². The van der Waals surface area contributed by atoms with Gasteiger partial charge in [0.05, 0.1) is 5.69 Å². The molecule has 1 aromatic heterocycles. The maximum absolute atomic E-state index is 12.9. The number of aryl methyl sites for hydroxylation is 1. The summed E-state index contributed by atoms with van der Waals surface area (Å²) < 4.78 is 0. The first-order chi connectivity index (χ1) is 11.7. The normalized spacial score (nSPS) is 10.4. The Bertz CT molecular complexity index is 855. The lowest BCUT2D eigenvalue weighted by Crippen LogP contribution is -2.31. The zero-order chi connectivity index (χ0) is 16.9. The molecule has 3 rings (SSSR count). The van der Waals surface area contributed by atoms with Gasteiger partial charge < -0.3 is 0 Å². The molecule has 1 heterocycles. The Hall–Kier alpha value is -2.72. The van der Waals surface area contributed by atoms with E-state index in [1.165, 1.54) is 11.3 Å². The number of amides is 1. The number of thiazole rings is 1. The number of carbonyl (C=O) groups excluding carboxylic acids is 1. The van der Waals surface area contributed by atoms with Crippen molar-refractivity contribution in [2.24, 2.45) is 0 Å². The topological polar surface area (TPSA) is 33.2 Å². The van der Waals surface area contributed by atoms with Gasteiger partial charge in [-0.1, -0.05) is 54.1 Å². The number of benzene rings is 2. The van der Waals surface area contributed by atoms with E-state index in [1.807, 2.05) is 66.9 Å². The number of anilines is 1. The Morgan fingerprint density at radius 3 is 2.71 bits per heavy atom. The number of hydrogen-bond donors (Lipinski definition) is 0. The summed E-state index contributed by atoms with van der Waals surface area (Å²) in [6.07, 6.45) is 1.72. The van der Waals surface area contributed by atoms with E-state index < -0.39 is 0 Å². The van der Waals surface area contributed by atoms with Crippen molar-refractivity contribution >= 4 is 22.4 Å². The number of carbonyl (C=O) groups is 1. The Balaban J connectivity index is 1.93. The summed E-state index contributed by atoms with van der Waals surface area (Å²) in [7, 11) is 0. The van der Waals surface area contributed by atoms with Crippen LogP contribution in [0.4, 0.5) is 5.13 Å². The number of aromatic nitrogens is 1. The van der Waals surface area contributed by atoms with Crippen LogP contribution in [0.3, 0.4) is 0 Å². The average Bonchev–Trinajstić information content (AvgIpc) is 3.09. The maximum atomic E-state index is 12.9. The van der Waals surface area contributed by atoms with E-state index in [0.29, 0.717) is 17.2 Å². The Morgan fingerprint density at radius 2 is 2.00 bits per heavy atom. The fourth-order valence-corrected chi connectivity index (χ4v) is 3.28. The molecule has 120 valence electrons. The second-order valence-corrected chi connectivity index (χ2v) is 6.29. The van der Waals surface area contributed by atoms with Gasteiger partial charge in [-0.05, 0) is 19.1 Å². The van der Waals surface area contributed by atoms with E-state index in [0.717, 1.165) is 16.8 Å². The van der Waals surface area contributed by atoms with Crippen molar-refractivity contribution in [2.75, 3.05) is 11.4 Å². The molecule has 0 saturated heterocycles. The minimum atomic E-state index is -0.0624. The van der Waals surface area contributed by atoms with Crippen molar-refractivity contribution in [1.29, 1.82) is 0 Å². The molecule has 0 fully saturated rings. The maximum Gasteiger partial charge on any atom is 0.260 e. The third-order valence-electron chi connectivity index (χ3n) is 3.61. The molecular weight excluding hydrogens is 316 g/mol. The molecular formula is C20H18N2OS. The van der Waals surface area contributed by atoms with Crippen LogP contribution in [0.2, 0.25) is 0 Å². The SMILES string of the molecule is C=CCN(C(=O)c1cccc(C)c1)c1nc(-c2ccccc2)cs1. The molecule has 0 unspecified atom stereocenters. The second kappa shape index (κ2) is 7.23. The van der Waals surface area contributed by atoms with Gasteiger partial charge in [0.15, 0.2) is 5.13 Å². The smallest absolute Gasteiger partial charge is 0.260 e. The quantitative estimate of drug-likeness (QED) is 0.618. The molecule has 0 bridgehead atoms. The summed E-state index contributed by atoms with van der Waals surface area (Å²) >= 11 is 1.47. The summed E-state index contributed by atoms with van der Waals surface area (Å²) in [6.45, 7) is 6.17. The molecule has 0 aliphatic heterocycles. The lowest BCUT2D eigenvalue weighted by Gasteiger charge is -2.18. The van der Waals surface area contributed by atoms with Crippen molar-refractivity contribution in [3.63, 3.8) is 0 Å². The summed E-state index contributed by atoms with van der Waals surface area (Å²) in [4.78, 5) is 19.2. The van der Waals surface area contributed by atoms with E-state index in [4.69, 9.17) is 0 Å². The van der Waals surface area contributed by atoms with Crippen molar-refractivity contribution in [2.45, 2.75) is 6.92 Å². The highest BCUT2D eigenvalue weighted by Gasteiger charge is 2.20. The molecule has 0 spiro atoms. The predicted molar refractivity (Wildman–Crippen MR) is 101 cm³/mol. The van der Waals surface area contributed by atoms with Gasteiger partial charge in [-0.3, -0.25) is 9.69 Å². The fourth-order valence-electron chi connectivity index (χ4n) is 2.44. The van der Waals surface area contributed by atoms with Gasteiger partial charge in [-0.2, -0.15) is 0 Å². The highest BCUT2D eigenvalue weighted by Crippen LogP contribution is 2.28. The zero-order valence-corrected chi connectivity index (χ0v) is 14.3. The van der Waals surface area contributed by atoms with Crippen LogP contribution in [0.5, 0.6) is 0 Å². The third-order valence-corrected chi connectivity index (χ3v) is 4.48. The van der Waals surface area contributed by atoms with Crippen molar-refractivity contribution < 1.29 is 4.79 Å². The zero-order valence-electron chi connectivity index (χ0n) is 13.5. The average molecular weight is 334 g/mol. The minimum absolute atomic E-state index is 0.0624. The molecule has 0 N–H and O–H groups in total. The Kier molecular flexibility index (Phi) is 4.87. The van der Waals surface area contributed by atoms with E-state index in [9.17, 15) is 4.79 Å². The van der Waals surface area contributed by atoms with Gasteiger partial charge in [0.1, 0.15) is 0 Å². The van der Waals surface area contributed by atoms with Gasteiger partial charge in [0.2, 0.25) is 0 Å². The molecule has 1 amide bonds. The molecule has 0 saturated carbocycles. The highest BCUT2D eigenvalue weighted by atomic mass is 32.1. The van der Waals surface area contributed by atoms with Crippen LogP contribution in [0.15, 0.2) is 72.6 Å². The molecule has 4 heteroatoms. The van der Waals surface area contributed by atoms with Crippen LogP contribution < -0.4 is 4.90 Å². The molecule has 0 aliphatic rings. The van der Waals surface area contributed by atoms with Crippen molar-refractivity contribution in [3.8, 4) is 11.3 Å². The first-order valence-corrected chi connectivity index (χ1v) is 8.57. The van der Waals surface area contributed by atoms with Gasteiger partial charge in [0, 0.05) is 23.1 Å². The summed E-state index contributed by atoms with van der Waals surface area (Å²) in [5.41, 5.74) is 3.64. The lowest BCUT2D eigenvalue weighted by molar-refractivity contribution is 0.0989. The van der Waals surface area contributed by atoms with Crippen LogP contribution >= 0.6 is 11.3 Å². The lowest BCUT2D eigenvalue weighted by atomic mass is 10.1. The van der Waals surface area contributed by atoms with Crippen LogP contribution in [-0.2, 0) is 0 Å². The van der Waals surface area contributed by atoms with Gasteiger partial charge in [-0.15, -0.1) is 17.9 Å². The summed E-state index contributed by atoms with van der Waals surface area (Å²) in [5.74, 6) is -0.0624. The van der Waals surface area contributed by atoms with Crippen LogP contribution in [0.1, 0.15) is 15.9 Å². The number of rotatable bonds is 5. The van der Waals surface area contributed by atoms with Crippen molar-refractivity contribution in [1.82, 2.24) is 4.98 Å². The minimum Gasteiger partial charge on any atom is -0.280 e. The highest BCUT2D eigenvalue weighted by molar-refractivity contribution is 7.14. The second-order valence-electron chi connectivity index (χ2n) is 5.46. The first-order valence-electron chi connectivity index (χ1n) is 7.69. The van der Waals surface area contributed by atoms with E-state index in [-0.39, 0.29) is 5.91 Å². The van der Waals surface area contributed by atoms with Crippen LogP contribution in [0.25, 0.3) is 11.3 Å². The van der Waals surface area contributed by atoms with Crippen LogP contribution in [-0.4, -0.2) is 17.4 Å². The standard InChI is InChI=1S/C20H18N2OS/c1-3-12-22(19(23)17-11-7-8-15(2)13-17)20-21-18(14-24-20)16-9-5-4-6-10-16/h3-11,13-14H,1,12H2,2H3. The number of nitrogens with zero attached hydrogens (tertiary/aromatic N) is 2.